The summed E-state index contributed by atoms with van der Waals surface area (Å²) in [6.07, 6.45) is 5.29. The van der Waals surface area contributed by atoms with Crippen LogP contribution in [-0.4, -0.2) is 9.97 Å². The first kappa shape index (κ1) is 16.4. The summed E-state index contributed by atoms with van der Waals surface area (Å²) in [6.45, 7) is 0. The molecule has 1 N–H and O–H groups in total. The van der Waals surface area contributed by atoms with Gasteiger partial charge in [0.25, 0.3) is 5.56 Å². The van der Waals surface area contributed by atoms with Gasteiger partial charge in [0, 0.05) is 10.4 Å². The van der Waals surface area contributed by atoms with E-state index in [9.17, 15) is 13.6 Å². The molecule has 128 valence electrons. The molecule has 0 fully saturated rings. The molecule has 0 aliphatic heterocycles. The van der Waals surface area contributed by atoms with Crippen LogP contribution in [0.25, 0.3) is 21.3 Å². The van der Waals surface area contributed by atoms with E-state index in [-0.39, 0.29) is 22.0 Å². The summed E-state index contributed by atoms with van der Waals surface area (Å²) >= 11 is 7.71. The van der Waals surface area contributed by atoms with E-state index in [4.69, 9.17) is 11.6 Å². The number of rotatable bonds is 2. The number of hydrogen-bond donors (Lipinski definition) is 1. The average molecular weight is 379 g/mol. The Kier molecular flexibility index (Phi) is 4.17. The standard InChI is InChI=1S/C18H13ClF2N2OS/c19-11(8-9-4-3-6-12(20)15(9)21)16-22-17(24)14-10-5-1-2-7-13(10)25-18(14)23-16/h3-4,6,8H,1-2,5,7H2,(H,22,23,24). The smallest absolute Gasteiger partial charge is 0.260 e. The van der Waals surface area contributed by atoms with Crippen molar-refractivity contribution in [2.45, 2.75) is 25.7 Å². The number of aryl methyl sites for hydroxylation is 2. The molecule has 7 heteroatoms. The highest BCUT2D eigenvalue weighted by atomic mass is 35.5. The summed E-state index contributed by atoms with van der Waals surface area (Å²) in [5.41, 5.74) is 0.840. The lowest BCUT2D eigenvalue weighted by molar-refractivity contribution is 0.507. The maximum Gasteiger partial charge on any atom is 0.260 e. The molecule has 2 aromatic heterocycles. The van der Waals surface area contributed by atoms with Crippen LogP contribution in [-0.2, 0) is 12.8 Å². The topological polar surface area (TPSA) is 45.8 Å². The molecule has 25 heavy (non-hydrogen) atoms. The molecule has 0 bridgehead atoms. The highest BCUT2D eigenvalue weighted by Crippen LogP contribution is 2.34. The zero-order valence-electron chi connectivity index (χ0n) is 13.0. The number of fused-ring (bicyclic) bond motifs is 3. The Morgan fingerprint density at radius 1 is 1.28 bits per heavy atom. The van der Waals surface area contributed by atoms with Gasteiger partial charge in [-0.25, -0.2) is 13.8 Å². The number of nitrogens with one attached hydrogen (secondary N) is 1. The number of H-pyrrole nitrogens is 1. The second kappa shape index (κ2) is 6.35. The van der Waals surface area contributed by atoms with Gasteiger partial charge in [0.2, 0.25) is 0 Å². The Morgan fingerprint density at radius 3 is 2.92 bits per heavy atom. The minimum Gasteiger partial charge on any atom is -0.305 e. The maximum absolute atomic E-state index is 13.8. The molecule has 1 aliphatic carbocycles. The predicted octanol–water partition coefficient (Wildman–Crippen LogP) is 4.88. The zero-order chi connectivity index (χ0) is 17.6. The lowest BCUT2D eigenvalue weighted by atomic mass is 9.97. The van der Waals surface area contributed by atoms with Gasteiger partial charge in [-0.15, -0.1) is 11.3 Å². The fraction of sp³-hybridized carbons (Fsp3) is 0.222. The van der Waals surface area contributed by atoms with Gasteiger partial charge in [-0.1, -0.05) is 23.7 Å². The normalized spacial score (nSPS) is 14.8. The van der Waals surface area contributed by atoms with Crippen molar-refractivity contribution in [2.24, 2.45) is 0 Å². The van der Waals surface area contributed by atoms with E-state index in [1.165, 1.54) is 34.4 Å². The van der Waals surface area contributed by atoms with Crippen LogP contribution in [0.3, 0.4) is 0 Å². The summed E-state index contributed by atoms with van der Waals surface area (Å²) in [6, 6.07) is 3.82. The largest absolute Gasteiger partial charge is 0.305 e. The summed E-state index contributed by atoms with van der Waals surface area (Å²) in [5.74, 6) is -1.79. The second-order valence-electron chi connectivity index (χ2n) is 5.94. The van der Waals surface area contributed by atoms with Crippen LogP contribution >= 0.6 is 22.9 Å². The quantitative estimate of drug-likeness (QED) is 0.690. The minimum absolute atomic E-state index is 0.00165. The Hall–Kier alpha value is -2.05. The highest BCUT2D eigenvalue weighted by Gasteiger charge is 2.20. The van der Waals surface area contributed by atoms with Gasteiger partial charge < -0.3 is 4.98 Å². The van der Waals surface area contributed by atoms with Crippen molar-refractivity contribution in [2.75, 3.05) is 0 Å². The first-order chi connectivity index (χ1) is 12.0. The average Bonchev–Trinajstić information content (AvgIpc) is 2.97. The SMILES string of the molecule is O=c1[nH]c(C(Cl)=Cc2cccc(F)c2F)nc2sc3c(c12)CCCC3. The monoisotopic (exact) mass is 378 g/mol. The van der Waals surface area contributed by atoms with E-state index in [0.29, 0.717) is 10.2 Å². The van der Waals surface area contributed by atoms with E-state index >= 15 is 0 Å². The summed E-state index contributed by atoms with van der Waals surface area (Å²) < 4.78 is 27.1. The van der Waals surface area contributed by atoms with Gasteiger partial charge in [-0.05, 0) is 43.4 Å². The molecule has 1 aromatic carbocycles. The van der Waals surface area contributed by atoms with Gasteiger partial charge >= 0.3 is 0 Å². The van der Waals surface area contributed by atoms with Gasteiger partial charge in [0.05, 0.1) is 10.4 Å². The summed E-state index contributed by atoms with van der Waals surface area (Å²) in [5, 5.41) is 0.680. The number of aromatic amines is 1. The fourth-order valence-electron chi connectivity index (χ4n) is 3.11. The predicted molar refractivity (Wildman–Crippen MR) is 97.0 cm³/mol. The first-order valence-corrected chi connectivity index (χ1v) is 9.10. The van der Waals surface area contributed by atoms with Crippen LogP contribution in [0.1, 0.15) is 34.7 Å². The van der Waals surface area contributed by atoms with Crippen LogP contribution in [0.15, 0.2) is 23.0 Å². The molecule has 3 aromatic rings. The van der Waals surface area contributed by atoms with Crippen molar-refractivity contribution in [1.29, 1.82) is 0 Å². The Morgan fingerprint density at radius 2 is 2.08 bits per heavy atom. The maximum atomic E-state index is 13.8. The molecule has 1 aliphatic rings. The van der Waals surface area contributed by atoms with E-state index in [0.717, 1.165) is 37.3 Å². The highest BCUT2D eigenvalue weighted by molar-refractivity contribution is 7.18. The van der Waals surface area contributed by atoms with Gasteiger partial charge in [-0.3, -0.25) is 4.79 Å². The molecule has 0 saturated heterocycles. The number of halogens is 3. The number of benzene rings is 1. The molecule has 0 atom stereocenters. The molecule has 0 spiro atoms. The third-order valence-electron chi connectivity index (χ3n) is 4.31. The minimum atomic E-state index is -0.990. The zero-order valence-corrected chi connectivity index (χ0v) is 14.6. The number of nitrogens with zero attached hydrogens (tertiary/aromatic N) is 1. The molecule has 0 amide bonds. The van der Waals surface area contributed by atoms with Crippen LogP contribution in [0, 0.1) is 11.6 Å². The Labute approximate surface area is 151 Å². The first-order valence-electron chi connectivity index (χ1n) is 7.91. The van der Waals surface area contributed by atoms with Gasteiger partial charge in [0.15, 0.2) is 17.5 Å². The van der Waals surface area contributed by atoms with Crippen molar-refractivity contribution >= 4 is 44.3 Å². The third kappa shape index (κ3) is 2.89. The molecule has 4 rings (SSSR count). The molecular formula is C18H13ClF2N2OS. The lowest BCUT2D eigenvalue weighted by Gasteiger charge is -2.09. The summed E-state index contributed by atoms with van der Waals surface area (Å²) in [7, 11) is 0. The van der Waals surface area contributed by atoms with Crippen LogP contribution in [0.2, 0.25) is 0 Å². The molecular weight excluding hydrogens is 366 g/mol. The molecule has 0 radical (unpaired) electrons. The Bertz CT molecular complexity index is 1070. The number of hydrogen-bond acceptors (Lipinski definition) is 3. The van der Waals surface area contributed by atoms with Crippen molar-refractivity contribution in [3.05, 3.63) is 62.0 Å². The Balaban J connectivity index is 1.83. The molecule has 2 heterocycles. The fourth-order valence-corrected chi connectivity index (χ4v) is 4.58. The van der Waals surface area contributed by atoms with Gasteiger partial charge in [0.1, 0.15) is 4.83 Å². The van der Waals surface area contributed by atoms with E-state index in [2.05, 4.69) is 9.97 Å². The summed E-state index contributed by atoms with van der Waals surface area (Å²) in [4.78, 5) is 21.4. The van der Waals surface area contributed by atoms with E-state index in [1.807, 2.05) is 0 Å². The number of aromatic nitrogens is 2. The van der Waals surface area contributed by atoms with Gasteiger partial charge in [-0.2, -0.15) is 0 Å². The molecule has 0 unspecified atom stereocenters. The molecule has 3 nitrogen and oxygen atoms in total. The second-order valence-corrected chi connectivity index (χ2v) is 7.43. The van der Waals surface area contributed by atoms with Crippen molar-refractivity contribution in [3.8, 4) is 0 Å². The third-order valence-corrected chi connectivity index (χ3v) is 5.79. The number of thiophene rings is 1. The van der Waals surface area contributed by atoms with E-state index in [1.54, 1.807) is 0 Å². The van der Waals surface area contributed by atoms with Crippen molar-refractivity contribution in [3.63, 3.8) is 0 Å². The van der Waals surface area contributed by atoms with Crippen LogP contribution in [0.4, 0.5) is 8.78 Å². The molecule has 0 saturated carbocycles. The van der Waals surface area contributed by atoms with Crippen LogP contribution < -0.4 is 5.56 Å². The van der Waals surface area contributed by atoms with Crippen molar-refractivity contribution in [1.82, 2.24) is 9.97 Å². The van der Waals surface area contributed by atoms with Crippen molar-refractivity contribution < 1.29 is 8.78 Å². The lowest BCUT2D eigenvalue weighted by Crippen LogP contribution is -2.12. The van der Waals surface area contributed by atoms with E-state index < -0.39 is 11.6 Å². The van der Waals surface area contributed by atoms with Crippen LogP contribution in [0.5, 0.6) is 0 Å².